The van der Waals surface area contributed by atoms with E-state index < -0.39 is 27.4 Å². The Morgan fingerprint density at radius 1 is 1.12 bits per heavy atom. The van der Waals surface area contributed by atoms with Crippen molar-refractivity contribution in [2.45, 2.75) is 5.75 Å². The first-order valence-electron chi connectivity index (χ1n) is 7.11. The van der Waals surface area contributed by atoms with E-state index in [2.05, 4.69) is 32.5 Å². The van der Waals surface area contributed by atoms with Crippen LogP contribution in [0.2, 0.25) is 0 Å². The largest absolute Gasteiger partial charge is 0.481 e. The fourth-order valence-corrected chi connectivity index (χ4v) is 3.25. The van der Waals surface area contributed by atoms with E-state index in [-0.39, 0.29) is 18.7 Å². The third-order valence-electron chi connectivity index (χ3n) is 2.97. The van der Waals surface area contributed by atoms with Crippen LogP contribution in [0.3, 0.4) is 0 Å². The molecule has 25 heavy (non-hydrogen) atoms. The Bertz CT molecular complexity index is 908. The summed E-state index contributed by atoms with van der Waals surface area (Å²) in [5.74, 6) is 3.75. The molecule has 4 nitrogen and oxygen atoms in total. The van der Waals surface area contributed by atoms with E-state index in [0.717, 1.165) is 22.7 Å². The van der Waals surface area contributed by atoms with E-state index in [0.29, 0.717) is 5.75 Å². The summed E-state index contributed by atoms with van der Waals surface area (Å²) < 4.78 is 58.7. The second-order valence-corrected chi connectivity index (χ2v) is 7.64. The van der Waals surface area contributed by atoms with Gasteiger partial charge in [-0.25, -0.2) is 21.9 Å². The molecule has 0 saturated heterocycles. The number of rotatable bonds is 6. The van der Waals surface area contributed by atoms with Gasteiger partial charge in [0.15, 0.2) is 0 Å². The predicted molar refractivity (Wildman–Crippen MR) is 94.4 cm³/mol. The Hall–Kier alpha value is -1.95. The molecule has 0 aliphatic carbocycles. The van der Waals surface area contributed by atoms with Crippen LogP contribution < -0.4 is 9.46 Å². The van der Waals surface area contributed by atoms with Crippen LogP contribution in [0, 0.1) is 23.5 Å². The van der Waals surface area contributed by atoms with Crippen LogP contribution in [-0.4, -0.2) is 21.6 Å². The van der Waals surface area contributed by atoms with Crippen molar-refractivity contribution in [3.8, 4) is 17.6 Å². The first kappa shape index (κ1) is 19.4. The summed E-state index contributed by atoms with van der Waals surface area (Å²) in [6, 6.07) is 9.88. The van der Waals surface area contributed by atoms with E-state index in [9.17, 15) is 17.2 Å². The highest BCUT2D eigenvalue weighted by atomic mass is 79.9. The third kappa shape index (κ3) is 6.82. The Kier molecular flexibility index (Phi) is 6.93. The lowest BCUT2D eigenvalue weighted by Gasteiger charge is -2.05. The zero-order valence-corrected chi connectivity index (χ0v) is 15.3. The molecule has 0 aromatic heterocycles. The summed E-state index contributed by atoms with van der Waals surface area (Å²) in [6.45, 7) is -0.0577. The molecule has 1 N–H and O–H groups in total. The number of hydrogen-bond acceptors (Lipinski definition) is 3. The molecule has 0 radical (unpaired) electrons. The minimum absolute atomic E-state index is 0.0940. The molecule has 0 aliphatic heterocycles. The Morgan fingerprint density at radius 3 is 2.68 bits per heavy atom. The lowest BCUT2D eigenvalue weighted by Crippen LogP contribution is -2.26. The van der Waals surface area contributed by atoms with E-state index >= 15 is 0 Å². The van der Waals surface area contributed by atoms with E-state index in [1.54, 1.807) is 12.1 Å². The summed E-state index contributed by atoms with van der Waals surface area (Å²) >= 11 is 3.31. The lowest BCUT2D eigenvalue weighted by molar-refractivity contribution is 0.370. The van der Waals surface area contributed by atoms with Gasteiger partial charge >= 0.3 is 0 Å². The average Bonchev–Trinajstić information content (AvgIpc) is 2.54. The summed E-state index contributed by atoms with van der Waals surface area (Å²) in [4.78, 5) is 0. The monoisotopic (exact) mass is 429 g/mol. The zero-order valence-electron chi connectivity index (χ0n) is 12.9. The topological polar surface area (TPSA) is 55.4 Å². The molecule has 8 heteroatoms. The van der Waals surface area contributed by atoms with Crippen molar-refractivity contribution in [3.05, 3.63) is 64.1 Å². The smallest absolute Gasteiger partial charge is 0.216 e. The number of hydrogen-bond donors (Lipinski definition) is 1. The van der Waals surface area contributed by atoms with Crippen molar-refractivity contribution in [1.82, 2.24) is 4.72 Å². The molecule has 132 valence electrons. The highest BCUT2D eigenvalue weighted by molar-refractivity contribution is 9.10. The van der Waals surface area contributed by atoms with Crippen LogP contribution in [0.4, 0.5) is 8.78 Å². The molecule has 0 unspecified atom stereocenters. The third-order valence-corrected chi connectivity index (χ3v) is 4.73. The standard InChI is InChI=1S/C17H14BrF2NO3S/c18-14-4-3-5-16(11-14)24-9-2-1-8-21-25(22,23)12-13-10-15(19)6-7-17(13)20/h3-7,10-11,21H,8-9,12H2. The SMILES string of the molecule is O=S(=O)(Cc1cc(F)ccc1F)NCC#CCOc1cccc(Br)c1. The van der Waals surface area contributed by atoms with Crippen LogP contribution in [-0.2, 0) is 15.8 Å². The summed E-state index contributed by atoms with van der Waals surface area (Å²) in [6.07, 6.45) is 0. The second kappa shape index (κ2) is 8.94. The van der Waals surface area contributed by atoms with E-state index in [1.807, 2.05) is 12.1 Å². The van der Waals surface area contributed by atoms with Gasteiger partial charge in [0, 0.05) is 10.0 Å². The van der Waals surface area contributed by atoms with Gasteiger partial charge in [0.1, 0.15) is 24.0 Å². The maximum Gasteiger partial charge on any atom is 0.216 e. The van der Waals surface area contributed by atoms with Gasteiger partial charge in [-0.2, -0.15) is 0 Å². The molecule has 0 bridgehead atoms. The van der Waals surface area contributed by atoms with Crippen molar-refractivity contribution in [2.75, 3.05) is 13.2 Å². The van der Waals surface area contributed by atoms with Crippen molar-refractivity contribution in [2.24, 2.45) is 0 Å². The minimum Gasteiger partial charge on any atom is -0.481 e. The van der Waals surface area contributed by atoms with Crippen LogP contribution in [0.1, 0.15) is 5.56 Å². The van der Waals surface area contributed by atoms with Gasteiger partial charge in [-0.1, -0.05) is 33.8 Å². The van der Waals surface area contributed by atoms with Gasteiger partial charge in [0.25, 0.3) is 0 Å². The normalized spacial score (nSPS) is 10.8. The number of halogens is 3. The van der Waals surface area contributed by atoms with Crippen molar-refractivity contribution in [3.63, 3.8) is 0 Å². The van der Waals surface area contributed by atoms with Crippen LogP contribution in [0.25, 0.3) is 0 Å². The van der Waals surface area contributed by atoms with Crippen molar-refractivity contribution < 1.29 is 21.9 Å². The van der Waals surface area contributed by atoms with Gasteiger partial charge < -0.3 is 4.74 Å². The summed E-state index contributed by atoms with van der Waals surface area (Å²) in [7, 11) is -3.83. The second-order valence-electron chi connectivity index (χ2n) is 4.92. The molecular formula is C17H14BrF2NO3S. The maximum atomic E-state index is 13.5. The molecular weight excluding hydrogens is 416 g/mol. The number of nitrogens with one attached hydrogen (secondary N) is 1. The minimum atomic E-state index is -3.83. The van der Waals surface area contributed by atoms with Gasteiger partial charge in [-0.15, -0.1) is 0 Å². The van der Waals surface area contributed by atoms with E-state index in [1.165, 1.54) is 0 Å². The Morgan fingerprint density at radius 2 is 1.92 bits per heavy atom. The quantitative estimate of drug-likeness (QED) is 0.717. The Labute approximate surface area is 153 Å². The fraction of sp³-hybridized carbons (Fsp3) is 0.176. The summed E-state index contributed by atoms with van der Waals surface area (Å²) in [5.41, 5.74) is -0.238. The maximum absolute atomic E-state index is 13.5. The Balaban J connectivity index is 1.81. The van der Waals surface area contributed by atoms with Gasteiger partial charge in [-0.3, -0.25) is 0 Å². The predicted octanol–water partition coefficient (Wildman–Crippen LogP) is 3.23. The average molecular weight is 430 g/mol. The fourth-order valence-electron chi connectivity index (χ4n) is 1.85. The first-order valence-corrected chi connectivity index (χ1v) is 9.55. The van der Waals surface area contributed by atoms with Crippen molar-refractivity contribution >= 4 is 26.0 Å². The van der Waals surface area contributed by atoms with Crippen LogP contribution in [0.5, 0.6) is 5.75 Å². The number of benzene rings is 2. The molecule has 2 aromatic rings. The molecule has 0 spiro atoms. The van der Waals surface area contributed by atoms with Gasteiger partial charge in [0.05, 0.1) is 12.3 Å². The lowest BCUT2D eigenvalue weighted by atomic mass is 10.2. The molecule has 0 fully saturated rings. The van der Waals surface area contributed by atoms with Gasteiger partial charge in [0.2, 0.25) is 10.0 Å². The van der Waals surface area contributed by atoms with Crippen molar-refractivity contribution in [1.29, 1.82) is 0 Å². The molecule has 0 saturated carbocycles. The number of ether oxygens (including phenoxy) is 1. The van der Waals surface area contributed by atoms with E-state index in [4.69, 9.17) is 4.74 Å². The van der Waals surface area contributed by atoms with Crippen LogP contribution >= 0.6 is 15.9 Å². The first-order chi connectivity index (χ1) is 11.9. The number of sulfonamides is 1. The molecule has 2 aromatic carbocycles. The molecule has 0 heterocycles. The molecule has 0 atom stereocenters. The zero-order chi connectivity index (χ0) is 18.3. The molecule has 0 amide bonds. The molecule has 0 aliphatic rings. The van der Waals surface area contributed by atoms with Gasteiger partial charge in [-0.05, 0) is 36.4 Å². The molecule has 2 rings (SSSR count). The highest BCUT2D eigenvalue weighted by Gasteiger charge is 2.14. The highest BCUT2D eigenvalue weighted by Crippen LogP contribution is 2.17. The van der Waals surface area contributed by atoms with Crippen LogP contribution in [0.15, 0.2) is 46.9 Å². The summed E-state index contributed by atoms with van der Waals surface area (Å²) in [5, 5.41) is 0.